The molecule has 0 aliphatic heterocycles. The second kappa shape index (κ2) is 9.19. The zero-order valence-corrected chi connectivity index (χ0v) is 15.8. The molecule has 0 heterocycles. The number of nitrogens with zero attached hydrogens (tertiary/aromatic N) is 1. The van der Waals surface area contributed by atoms with Gasteiger partial charge in [0.1, 0.15) is 12.3 Å². The molecule has 0 spiro atoms. The van der Waals surface area contributed by atoms with E-state index in [1.165, 1.54) is 7.05 Å². The molecule has 142 valence electrons. The third-order valence-corrected chi connectivity index (χ3v) is 4.15. The van der Waals surface area contributed by atoms with Crippen LogP contribution in [-0.4, -0.2) is 47.9 Å². The molecule has 27 heavy (non-hydrogen) atoms. The van der Waals surface area contributed by atoms with Crippen LogP contribution >= 0.6 is 11.6 Å². The minimum atomic E-state index is -1.07. The minimum Gasteiger partial charge on any atom is -0.493 e. The summed E-state index contributed by atoms with van der Waals surface area (Å²) in [6.07, 6.45) is 0. The monoisotopic (exact) mass is 389 g/mol. The van der Waals surface area contributed by atoms with E-state index in [-0.39, 0.29) is 24.8 Å². The highest BCUT2D eigenvalue weighted by Gasteiger charge is 2.20. The number of likely N-dealkylation sites (N-methyl/N-ethyl adjacent to an activating group) is 1. The van der Waals surface area contributed by atoms with E-state index in [9.17, 15) is 14.4 Å². The van der Waals surface area contributed by atoms with Crippen molar-refractivity contribution in [1.82, 2.24) is 4.90 Å². The van der Waals surface area contributed by atoms with Gasteiger partial charge in [-0.2, -0.15) is 0 Å². The van der Waals surface area contributed by atoms with Crippen LogP contribution in [0, 0.1) is 5.92 Å². The lowest BCUT2D eigenvalue weighted by Gasteiger charge is -2.19. The molecule has 0 fully saturated rings. The van der Waals surface area contributed by atoms with Gasteiger partial charge >= 0.3 is 5.97 Å². The van der Waals surface area contributed by atoms with Crippen LogP contribution in [0.3, 0.4) is 0 Å². The first-order valence-electron chi connectivity index (χ1n) is 8.28. The number of amides is 1. The van der Waals surface area contributed by atoms with Gasteiger partial charge in [-0.1, -0.05) is 18.5 Å². The Balaban J connectivity index is 1.93. The number of carbonyl (C=O) groups is 3. The number of carboxylic acids is 1. The lowest BCUT2D eigenvalue weighted by molar-refractivity contribution is -0.145. The molecule has 2 rings (SSSR count). The van der Waals surface area contributed by atoms with Crippen molar-refractivity contribution in [3.63, 3.8) is 0 Å². The van der Waals surface area contributed by atoms with E-state index in [1.54, 1.807) is 55.5 Å². The zero-order valence-electron chi connectivity index (χ0n) is 15.0. The first kappa shape index (κ1) is 20.5. The summed E-state index contributed by atoms with van der Waals surface area (Å²) in [4.78, 5) is 36.3. The van der Waals surface area contributed by atoms with Crippen LogP contribution in [0.4, 0.5) is 0 Å². The Bertz CT molecular complexity index is 817. The predicted octanol–water partition coefficient (Wildman–Crippen LogP) is 3.13. The molecule has 1 amide bonds. The summed E-state index contributed by atoms with van der Waals surface area (Å²) in [5.41, 5.74) is 1.05. The van der Waals surface area contributed by atoms with Gasteiger partial charge in [0.05, 0.1) is 12.5 Å². The van der Waals surface area contributed by atoms with Crippen LogP contribution in [-0.2, 0) is 9.59 Å². The highest BCUT2D eigenvalue weighted by Crippen LogP contribution is 2.18. The van der Waals surface area contributed by atoms with E-state index in [4.69, 9.17) is 21.4 Å². The highest BCUT2D eigenvalue weighted by atomic mass is 35.5. The SMILES string of the molecule is CC(COc1ccc(C(=O)c2ccc(Cl)cc2)cc1)C(=O)N(C)CC(=O)O. The molecule has 1 atom stereocenters. The number of ketones is 1. The summed E-state index contributed by atoms with van der Waals surface area (Å²) in [6, 6.07) is 13.2. The number of benzene rings is 2. The molecule has 0 bridgehead atoms. The molecule has 1 unspecified atom stereocenters. The Kier molecular flexibility index (Phi) is 6.96. The number of hydrogen-bond donors (Lipinski definition) is 1. The van der Waals surface area contributed by atoms with Gasteiger partial charge in [0, 0.05) is 23.2 Å². The Morgan fingerprint density at radius 2 is 1.56 bits per heavy atom. The lowest BCUT2D eigenvalue weighted by atomic mass is 10.0. The lowest BCUT2D eigenvalue weighted by Crippen LogP contribution is -2.37. The molecule has 0 radical (unpaired) electrons. The number of ether oxygens (including phenoxy) is 1. The van der Waals surface area contributed by atoms with Gasteiger partial charge in [0.15, 0.2) is 5.78 Å². The van der Waals surface area contributed by atoms with Gasteiger partial charge in [-0.25, -0.2) is 0 Å². The first-order chi connectivity index (χ1) is 12.8. The van der Waals surface area contributed by atoms with Crippen LogP contribution < -0.4 is 4.74 Å². The number of carboxylic acid groups (broad SMARTS) is 1. The summed E-state index contributed by atoms with van der Waals surface area (Å²) >= 11 is 5.83. The van der Waals surface area contributed by atoms with Crippen LogP contribution in [0.15, 0.2) is 48.5 Å². The maximum absolute atomic E-state index is 12.4. The summed E-state index contributed by atoms with van der Waals surface area (Å²) in [5, 5.41) is 9.29. The number of rotatable bonds is 8. The van der Waals surface area contributed by atoms with Gasteiger partial charge in [-0.05, 0) is 48.5 Å². The molecule has 0 aliphatic rings. The van der Waals surface area contributed by atoms with Crippen molar-refractivity contribution in [3.05, 3.63) is 64.7 Å². The van der Waals surface area contributed by atoms with Crippen molar-refractivity contribution < 1.29 is 24.2 Å². The Hall–Kier alpha value is -2.86. The average molecular weight is 390 g/mol. The van der Waals surface area contributed by atoms with Gasteiger partial charge < -0.3 is 14.7 Å². The van der Waals surface area contributed by atoms with Crippen molar-refractivity contribution in [2.45, 2.75) is 6.92 Å². The number of halogens is 1. The van der Waals surface area contributed by atoms with Gasteiger partial charge in [-0.3, -0.25) is 14.4 Å². The average Bonchev–Trinajstić information content (AvgIpc) is 2.65. The van der Waals surface area contributed by atoms with Crippen molar-refractivity contribution >= 4 is 29.3 Å². The fraction of sp³-hybridized carbons (Fsp3) is 0.250. The molecule has 0 saturated carbocycles. The summed E-state index contributed by atoms with van der Waals surface area (Å²) in [7, 11) is 1.43. The first-order valence-corrected chi connectivity index (χ1v) is 8.65. The Morgan fingerprint density at radius 3 is 2.07 bits per heavy atom. The van der Waals surface area contributed by atoms with E-state index in [2.05, 4.69) is 0 Å². The molecule has 2 aromatic carbocycles. The smallest absolute Gasteiger partial charge is 0.323 e. The van der Waals surface area contributed by atoms with Crippen molar-refractivity contribution in [1.29, 1.82) is 0 Å². The van der Waals surface area contributed by atoms with E-state index in [0.717, 1.165) is 4.90 Å². The van der Waals surface area contributed by atoms with Crippen LogP contribution in [0.5, 0.6) is 5.75 Å². The third-order valence-electron chi connectivity index (χ3n) is 3.89. The van der Waals surface area contributed by atoms with E-state index in [0.29, 0.717) is 21.9 Å². The number of aliphatic carboxylic acids is 1. The topological polar surface area (TPSA) is 83.9 Å². The van der Waals surface area contributed by atoms with Gasteiger partial charge in [-0.15, -0.1) is 0 Å². The Morgan fingerprint density at radius 1 is 1.04 bits per heavy atom. The standard InChI is InChI=1S/C20H20ClNO5/c1-13(20(26)22(2)11-18(23)24)12-27-17-9-5-15(6-10-17)19(25)14-3-7-16(21)8-4-14/h3-10,13H,11-12H2,1-2H3,(H,23,24). The molecular weight excluding hydrogens is 370 g/mol. The summed E-state index contributed by atoms with van der Waals surface area (Å²) in [5.74, 6) is -1.49. The fourth-order valence-corrected chi connectivity index (χ4v) is 2.55. The van der Waals surface area contributed by atoms with Crippen molar-refractivity contribution in [3.8, 4) is 5.75 Å². The second-order valence-corrected chi connectivity index (χ2v) is 6.60. The Labute approximate surface area is 162 Å². The molecule has 6 nitrogen and oxygen atoms in total. The summed E-state index contributed by atoms with van der Waals surface area (Å²) < 4.78 is 5.58. The molecule has 0 aromatic heterocycles. The van der Waals surface area contributed by atoms with E-state index < -0.39 is 11.9 Å². The van der Waals surface area contributed by atoms with E-state index >= 15 is 0 Å². The predicted molar refractivity (Wildman–Crippen MR) is 101 cm³/mol. The number of hydrogen-bond acceptors (Lipinski definition) is 4. The van der Waals surface area contributed by atoms with Crippen LogP contribution in [0.1, 0.15) is 22.8 Å². The molecule has 0 aliphatic carbocycles. The van der Waals surface area contributed by atoms with Crippen LogP contribution in [0.25, 0.3) is 0 Å². The van der Waals surface area contributed by atoms with Crippen LogP contribution in [0.2, 0.25) is 5.02 Å². The van der Waals surface area contributed by atoms with Gasteiger partial charge in [0.25, 0.3) is 0 Å². The molecule has 0 saturated heterocycles. The number of carbonyl (C=O) groups excluding carboxylic acids is 2. The largest absolute Gasteiger partial charge is 0.493 e. The normalized spacial score (nSPS) is 11.5. The molecule has 2 aromatic rings. The molecule has 1 N–H and O–H groups in total. The minimum absolute atomic E-state index is 0.104. The van der Waals surface area contributed by atoms with E-state index in [1.807, 2.05) is 0 Å². The highest BCUT2D eigenvalue weighted by molar-refractivity contribution is 6.30. The maximum atomic E-state index is 12.4. The van der Waals surface area contributed by atoms with Gasteiger partial charge in [0.2, 0.25) is 5.91 Å². The quantitative estimate of drug-likeness (QED) is 0.701. The fourth-order valence-electron chi connectivity index (χ4n) is 2.42. The molecule has 7 heteroatoms. The van der Waals surface area contributed by atoms with Crippen molar-refractivity contribution in [2.75, 3.05) is 20.2 Å². The second-order valence-electron chi connectivity index (χ2n) is 6.16. The summed E-state index contributed by atoms with van der Waals surface area (Å²) in [6.45, 7) is 1.41. The van der Waals surface area contributed by atoms with Crippen molar-refractivity contribution in [2.24, 2.45) is 5.92 Å². The zero-order chi connectivity index (χ0) is 20.0. The molecular formula is C20H20ClNO5. The third kappa shape index (κ3) is 5.82. The maximum Gasteiger partial charge on any atom is 0.323 e.